The Bertz CT molecular complexity index is 428. The fourth-order valence-corrected chi connectivity index (χ4v) is 1.87. The highest BCUT2D eigenvalue weighted by Gasteiger charge is 2.10. The van der Waals surface area contributed by atoms with E-state index in [1.54, 1.807) is 18.6 Å². The van der Waals surface area contributed by atoms with E-state index in [0.717, 1.165) is 17.5 Å². The van der Waals surface area contributed by atoms with E-state index in [4.69, 9.17) is 4.42 Å². The highest BCUT2D eigenvalue weighted by atomic mass is 16.3. The summed E-state index contributed by atoms with van der Waals surface area (Å²) in [4.78, 5) is 0. The van der Waals surface area contributed by atoms with Crippen molar-refractivity contribution in [2.45, 2.75) is 32.3 Å². The zero-order valence-corrected chi connectivity index (χ0v) is 10.1. The van der Waals surface area contributed by atoms with Crippen molar-refractivity contribution < 1.29 is 9.52 Å². The number of rotatable bonds is 5. The van der Waals surface area contributed by atoms with Crippen molar-refractivity contribution in [2.75, 3.05) is 0 Å². The first kappa shape index (κ1) is 11.9. The smallest absolute Gasteiger partial charge is 0.107 e. The minimum absolute atomic E-state index is 0.589. The monoisotopic (exact) mass is 230 g/mol. The van der Waals surface area contributed by atoms with E-state index in [0.29, 0.717) is 0 Å². The Balaban J connectivity index is 2.07. The van der Waals surface area contributed by atoms with Crippen LogP contribution in [0.2, 0.25) is 0 Å². The molecule has 0 aliphatic rings. The lowest BCUT2D eigenvalue weighted by molar-refractivity contribution is 0.219. The van der Waals surface area contributed by atoms with Crippen molar-refractivity contribution in [1.29, 1.82) is 0 Å². The number of hydrogen-bond acceptors (Lipinski definition) is 2. The number of benzene rings is 1. The van der Waals surface area contributed by atoms with Crippen LogP contribution in [0.1, 0.15) is 42.6 Å². The molecule has 2 rings (SSSR count). The van der Waals surface area contributed by atoms with E-state index < -0.39 is 6.10 Å². The summed E-state index contributed by atoms with van der Waals surface area (Å²) in [5.41, 5.74) is 3.04. The van der Waals surface area contributed by atoms with E-state index >= 15 is 0 Å². The highest BCUT2D eigenvalue weighted by molar-refractivity contribution is 5.30. The molecule has 1 N–H and O–H groups in total. The van der Waals surface area contributed by atoms with Gasteiger partial charge in [0.1, 0.15) is 6.10 Å². The number of furan rings is 1. The lowest BCUT2D eigenvalue weighted by Crippen LogP contribution is -1.98. The lowest BCUT2D eigenvalue weighted by Gasteiger charge is -2.09. The minimum atomic E-state index is -0.589. The molecular weight excluding hydrogens is 212 g/mol. The molecule has 1 aromatic heterocycles. The van der Waals surface area contributed by atoms with Crippen LogP contribution in [0, 0.1) is 0 Å². The van der Waals surface area contributed by atoms with Crippen LogP contribution in [-0.2, 0) is 6.42 Å². The van der Waals surface area contributed by atoms with Gasteiger partial charge < -0.3 is 9.52 Å². The quantitative estimate of drug-likeness (QED) is 0.849. The Labute approximate surface area is 102 Å². The molecular formula is C15H18O2. The molecule has 1 atom stereocenters. The average Bonchev–Trinajstić information content (AvgIpc) is 2.90. The summed E-state index contributed by atoms with van der Waals surface area (Å²) in [5, 5.41) is 10.1. The molecule has 0 aliphatic heterocycles. The molecule has 0 unspecified atom stereocenters. The van der Waals surface area contributed by atoms with E-state index in [-0.39, 0.29) is 0 Å². The summed E-state index contributed by atoms with van der Waals surface area (Å²) < 4.78 is 4.97. The molecule has 1 heterocycles. The van der Waals surface area contributed by atoms with Gasteiger partial charge in [-0.3, -0.25) is 0 Å². The van der Waals surface area contributed by atoms with Crippen LogP contribution in [0.5, 0.6) is 0 Å². The molecule has 0 saturated heterocycles. The Hall–Kier alpha value is -1.54. The zero-order valence-electron chi connectivity index (χ0n) is 10.1. The molecule has 0 fully saturated rings. The van der Waals surface area contributed by atoms with Gasteiger partial charge in [-0.15, -0.1) is 0 Å². The topological polar surface area (TPSA) is 33.4 Å². The van der Waals surface area contributed by atoms with Crippen molar-refractivity contribution in [3.8, 4) is 0 Å². The molecule has 0 aliphatic carbocycles. The van der Waals surface area contributed by atoms with E-state index in [9.17, 15) is 5.11 Å². The predicted octanol–water partition coefficient (Wildman–Crippen LogP) is 3.70. The molecule has 2 nitrogen and oxygen atoms in total. The lowest BCUT2D eigenvalue weighted by atomic mass is 10.0. The van der Waals surface area contributed by atoms with Gasteiger partial charge >= 0.3 is 0 Å². The SMILES string of the molecule is CCCCc1ccc([C@@H](O)c2ccoc2)cc1. The van der Waals surface area contributed by atoms with Crippen LogP contribution in [0.4, 0.5) is 0 Å². The highest BCUT2D eigenvalue weighted by Crippen LogP contribution is 2.22. The maximum atomic E-state index is 10.1. The molecule has 0 amide bonds. The second kappa shape index (κ2) is 5.69. The third-order valence-electron chi connectivity index (χ3n) is 2.97. The van der Waals surface area contributed by atoms with Crippen LogP contribution in [0.25, 0.3) is 0 Å². The van der Waals surface area contributed by atoms with E-state index in [1.165, 1.54) is 18.4 Å². The van der Waals surface area contributed by atoms with Crippen molar-refractivity contribution in [1.82, 2.24) is 0 Å². The fourth-order valence-electron chi connectivity index (χ4n) is 1.87. The molecule has 0 bridgehead atoms. The van der Waals surface area contributed by atoms with E-state index in [2.05, 4.69) is 19.1 Å². The number of unbranched alkanes of at least 4 members (excludes halogenated alkanes) is 1. The summed E-state index contributed by atoms with van der Waals surface area (Å²) in [6.45, 7) is 2.19. The predicted molar refractivity (Wildman–Crippen MR) is 67.8 cm³/mol. The number of hydrogen-bond donors (Lipinski definition) is 1. The van der Waals surface area contributed by atoms with Crippen molar-refractivity contribution >= 4 is 0 Å². The third-order valence-corrected chi connectivity index (χ3v) is 2.97. The van der Waals surface area contributed by atoms with Gasteiger partial charge in [-0.1, -0.05) is 37.6 Å². The molecule has 90 valence electrons. The van der Waals surface area contributed by atoms with Crippen molar-refractivity contribution in [2.24, 2.45) is 0 Å². The second-order valence-electron chi connectivity index (χ2n) is 4.30. The summed E-state index contributed by atoms with van der Waals surface area (Å²) in [7, 11) is 0. The number of aryl methyl sites for hydroxylation is 1. The molecule has 0 spiro atoms. The van der Waals surface area contributed by atoms with Crippen LogP contribution in [0.3, 0.4) is 0 Å². The van der Waals surface area contributed by atoms with Crippen LogP contribution in [0.15, 0.2) is 47.3 Å². The average molecular weight is 230 g/mol. The van der Waals surface area contributed by atoms with Gasteiger partial charge in [0.2, 0.25) is 0 Å². The maximum absolute atomic E-state index is 10.1. The Morgan fingerprint density at radius 2 is 1.88 bits per heavy atom. The molecule has 1 aromatic carbocycles. The maximum Gasteiger partial charge on any atom is 0.107 e. The van der Waals surface area contributed by atoms with E-state index in [1.807, 2.05) is 12.1 Å². The standard InChI is InChI=1S/C15H18O2/c1-2-3-4-12-5-7-13(8-6-12)15(16)14-9-10-17-11-14/h5-11,15-16H,2-4H2,1H3/t15-/m1/s1. The Kier molecular flexibility index (Phi) is 3.99. The Morgan fingerprint density at radius 3 is 2.47 bits per heavy atom. The van der Waals surface area contributed by atoms with Crippen LogP contribution >= 0.6 is 0 Å². The molecule has 0 radical (unpaired) electrons. The summed E-state index contributed by atoms with van der Waals surface area (Å²) in [6, 6.07) is 9.95. The number of aliphatic hydroxyl groups is 1. The number of aliphatic hydroxyl groups excluding tert-OH is 1. The summed E-state index contributed by atoms with van der Waals surface area (Å²) in [6.07, 6.45) is 6.10. The van der Waals surface area contributed by atoms with Gasteiger partial charge in [-0.05, 0) is 30.0 Å². The first-order valence-electron chi connectivity index (χ1n) is 6.10. The largest absolute Gasteiger partial charge is 0.472 e. The van der Waals surface area contributed by atoms with Crippen molar-refractivity contribution in [3.63, 3.8) is 0 Å². The minimum Gasteiger partial charge on any atom is -0.472 e. The first-order chi connectivity index (χ1) is 8.31. The van der Waals surface area contributed by atoms with Crippen LogP contribution < -0.4 is 0 Å². The van der Waals surface area contributed by atoms with Gasteiger partial charge in [-0.2, -0.15) is 0 Å². The molecule has 0 saturated carbocycles. The van der Waals surface area contributed by atoms with Gasteiger partial charge in [0.15, 0.2) is 0 Å². The molecule has 2 heteroatoms. The van der Waals surface area contributed by atoms with Gasteiger partial charge in [0.25, 0.3) is 0 Å². The first-order valence-corrected chi connectivity index (χ1v) is 6.10. The van der Waals surface area contributed by atoms with Gasteiger partial charge in [0, 0.05) is 5.56 Å². The second-order valence-corrected chi connectivity index (χ2v) is 4.30. The Morgan fingerprint density at radius 1 is 1.12 bits per heavy atom. The van der Waals surface area contributed by atoms with Gasteiger partial charge in [-0.25, -0.2) is 0 Å². The fraction of sp³-hybridized carbons (Fsp3) is 0.333. The van der Waals surface area contributed by atoms with Crippen molar-refractivity contribution in [3.05, 3.63) is 59.5 Å². The zero-order chi connectivity index (χ0) is 12.1. The third kappa shape index (κ3) is 2.98. The van der Waals surface area contributed by atoms with Gasteiger partial charge in [0.05, 0.1) is 12.5 Å². The molecule has 17 heavy (non-hydrogen) atoms. The summed E-state index contributed by atoms with van der Waals surface area (Å²) in [5.74, 6) is 0. The van der Waals surface area contributed by atoms with Crippen LogP contribution in [-0.4, -0.2) is 5.11 Å². The normalized spacial score (nSPS) is 12.6. The summed E-state index contributed by atoms with van der Waals surface area (Å²) >= 11 is 0. The molecule has 2 aromatic rings.